The van der Waals surface area contributed by atoms with E-state index in [-0.39, 0.29) is 34.0 Å². The molecule has 0 aromatic heterocycles. The molecular formula is C17H9NO4S. The third-order valence-electron chi connectivity index (χ3n) is 3.92. The van der Waals surface area contributed by atoms with Crippen LogP contribution < -0.4 is 4.90 Å². The molecule has 6 heteroatoms. The molecule has 1 saturated heterocycles. The highest BCUT2D eigenvalue weighted by Gasteiger charge is 2.34. The molecule has 0 spiro atoms. The zero-order valence-corrected chi connectivity index (χ0v) is 12.6. The first-order valence-electron chi connectivity index (χ1n) is 6.90. The number of hydrogen-bond donors (Lipinski definition) is 0. The van der Waals surface area contributed by atoms with Crippen LogP contribution in [0.2, 0.25) is 0 Å². The van der Waals surface area contributed by atoms with Crippen molar-refractivity contribution in [2.45, 2.75) is 0 Å². The molecule has 2 aliphatic rings. The van der Waals surface area contributed by atoms with E-state index in [0.717, 1.165) is 16.7 Å². The number of fused-ring (bicyclic) bond motifs is 2. The van der Waals surface area contributed by atoms with Crippen LogP contribution in [0.1, 0.15) is 31.8 Å². The van der Waals surface area contributed by atoms with Crippen molar-refractivity contribution in [2.75, 3.05) is 10.7 Å². The van der Waals surface area contributed by atoms with Gasteiger partial charge in [0.25, 0.3) is 5.24 Å². The summed E-state index contributed by atoms with van der Waals surface area (Å²) in [5, 5.41) is -0.370. The number of anilines is 1. The minimum absolute atomic E-state index is 0.0889. The van der Waals surface area contributed by atoms with Gasteiger partial charge >= 0.3 is 0 Å². The van der Waals surface area contributed by atoms with Crippen molar-refractivity contribution in [3.63, 3.8) is 0 Å². The Hall–Kier alpha value is -2.73. The predicted octanol–water partition coefficient (Wildman–Crippen LogP) is 2.66. The van der Waals surface area contributed by atoms with Crippen LogP contribution >= 0.6 is 11.8 Å². The van der Waals surface area contributed by atoms with Gasteiger partial charge in [0.15, 0.2) is 11.6 Å². The molecule has 1 aliphatic heterocycles. The van der Waals surface area contributed by atoms with Crippen LogP contribution in [0.15, 0.2) is 42.5 Å². The van der Waals surface area contributed by atoms with Crippen molar-refractivity contribution < 1.29 is 19.2 Å². The van der Waals surface area contributed by atoms with Crippen molar-refractivity contribution in [3.8, 4) is 0 Å². The zero-order chi connectivity index (χ0) is 16.1. The summed E-state index contributed by atoms with van der Waals surface area (Å²) in [4.78, 5) is 49.8. The lowest BCUT2D eigenvalue weighted by Gasteiger charge is -2.20. The average Bonchev–Trinajstić information content (AvgIpc) is 2.91. The van der Waals surface area contributed by atoms with E-state index in [2.05, 4.69) is 0 Å². The number of benzene rings is 2. The molecule has 2 aromatic carbocycles. The van der Waals surface area contributed by atoms with Gasteiger partial charge in [-0.25, -0.2) is 4.90 Å². The van der Waals surface area contributed by atoms with E-state index in [1.807, 2.05) is 0 Å². The maximum absolute atomic E-state index is 12.6. The van der Waals surface area contributed by atoms with E-state index in [0.29, 0.717) is 22.4 Å². The Morgan fingerprint density at radius 3 is 2.00 bits per heavy atom. The molecule has 1 aliphatic carbocycles. The minimum atomic E-state index is -0.370. The topological polar surface area (TPSA) is 71.5 Å². The molecule has 0 radical (unpaired) electrons. The van der Waals surface area contributed by atoms with E-state index in [4.69, 9.17) is 0 Å². The molecule has 23 heavy (non-hydrogen) atoms. The molecule has 1 heterocycles. The Morgan fingerprint density at radius 2 is 1.39 bits per heavy atom. The summed E-state index contributed by atoms with van der Waals surface area (Å²) in [5.74, 6) is -0.736. The molecule has 0 unspecified atom stereocenters. The maximum atomic E-state index is 12.6. The zero-order valence-electron chi connectivity index (χ0n) is 11.7. The second-order valence-electron chi connectivity index (χ2n) is 5.22. The molecule has 1 fully saturated rings. The van der Waals surface area contributed by atoms with Gasteiger partial charge in [-0.05, 0) is 18.2 Å². The number of hydrogen-bond acceptors (Lipinski definition) is 5. The van der Waals surface area contributed by atoms with Gasteiger partial charge < -0.3 is 0 Å². The number of imide groups is 1. The maximum Gasteiger partial charge on any atom is 0.293 e. The molecular weight excluding hydrogens is 314 g/mol. The highest BCUT2D eigenvalue weighted by Crippen LogP contribution is 2.32. The largest absolute Gasteiger partial charge is 0.293 e. The monoisotopic (exact) mass is 323 g/mol. The van der Waals surface area contributed by atoms with Gasteiger partial charge in [-0.15, -0.1) is 0 Å². The number of rotatable bonds is 1. The molecule has 5 nitrogen and oxygen atoms in total. The Labute approximate surface area is 135 Å². The van der Waals surface area contributed by atoms with Gasteiger partial charge in [-0.2, -0.15) is 0 Å². The highest BCUT2D eigenvalue weighted by atomic mass is 32.2. The summed E-state index contributed by atoms with van der Waals surface area (Å²) in [5.41, 5.74) is 1.56. The quantitative estimate of drug-likeness (QED) is 0.688. The second-order valence-corrected chi connectivity index (χ2v) is 6.14. The Kier molecular flexibility index (Phi) is 2.96. The van der Waals surface area contributed by atoms with Crippen molar-refractivity contribution >= 4 is 40.2 Å². The lowest BCUT2D eigenvalue weighted by Crippen LogP contribution is -2.29. The average molecular weight is 323 g/mol. The molecule has 4 rings (SSSR count). The number of nitrogens with zero attached hydrogens (tertiary/aromatic N) is 1. The Bertz CT molecular complexity index is 903. The first-order valence-corrected chi connectivity index (χ1v) is 7.88. The van der Waals surface area contributed by atoms with Gasteiger partial charge in [-0.3, -0.25) is 19.2 Å². The van der Waals surface area contributed by atoms with Crippen LogP contribution in [-0.4, -0.2) is 28.5 Å². The summed E-state index contributed by atoms with van der Waals surface area (Å²) in [6.07, 6.45) is 0. The second kappa shape index (κ2) is 4.89. The van der Waals surface area contributed by atoms with E-state index in [1.54, 1.807) is 24.3 Å². The van der Waals surface area contributed by atoms with Crippen LogP contribution in [0.5, 0.6) is 0 Å². The summed E-state index contributed by atoms with van der Waals surface area (Å²) in [7, 11) is 0. The molecule has 112 valence electrons. The summed E-state index contributed by atoms with van der Waals surface area (Å²) in [6, 6.07) is 11.1. The molecule has 0 N–H and O–H groups in total. The fraction of sp³-hybridized carbons (Fsp3) is 0.0588. The third kappa shape index (κ3) is 1.95. The van der Waals surface area contributed by atoms with Gasteiger partial charge in [0.2, 0.25) is 5.91 Å². The lowest BCUT2D eigenvalue weighted by atomic mass is 9.84. The standard InChI is InChI=1S/C17H9NO4S/c19-14-8-23-17(22)18(14)9-5-6-12-13(7-9)16(21)11-4-2-1-3-10(11)15(12)20/h1-7H,8H2. The van der Waals surface area contributed by atoms with Crippen LogP contribution in [-0.2, 0) is 4.79 Å². The van der Waals surface area contributed by atoms with Crippen molar-refractivity contribution in [1.29, 1.82) is 0 Å². The van der Waals surface area contributed by atoms with E-state index in [9.17, 15) is 19.2 Å². The van der Waals surface area contributed by atoms with Gasteiger partial charge in [0.1, 0.15) is 0 Å². The lowest BCUT2D eigenvalue weighted by molar-refractivity contribution is -0.115. The third-order valence-corrected chi connectivity index (χ3v) is 4.74. The van der Waals surface area contributed by atoms with Crippen molar-refractivity contribution in [3.05, 3.63) is 64.7 Å². The van der Waals surface area contributed by atoms with Crippen LogP contribution in [0, 0.1) is 0 Å². The van der Waals surface area contributed by atoms with E-state index < -0.39 is 0 Å². The summed E-state index contributed by atoms with van der Waals surface area (Å²) in [6.45, 7) is 0. The molecule has 0 bridgehead atoms. The Morgan fingerprint density at radius 1 is 0.783 bits per heavy atom. The predicted molar refractivity (Wildman–Crippen MR) is 85.1 cm³/mol. The molecule has 2 amide bonds. The van der Waals surface area contributed by atoms with Gasteiger partial charge in [0.05, 0.1) is 11.4 Å². The fourth-order valence-corrected chi connectivity index (χ4v) is 3.54. The van der Waals surface area contributed by atoms with Crippen LogP contribution in [0.4, 0.5) is 10.5 Å². The highest BCUT2D eigenvalue weighted by molar-refractivity contribution is 8.15. The van der Waals surface area contributed by atoms with Crippen LogP contribution in [0.25, 0.3) is 0 Å². The molecule has 0 saturated carbocycles. The molecule has 2 aromatic rings. The fourth-order valence-electron chi connectivity index (χ4n) is 2.83. The van der Waals surface area contributed by atoms with Gasteiger partial charge in [-0.1, -0.05) is 36.0 Å². The first-order chi connectivity index (χ1) is 11.1. The minimum Gasteiger partial charge on any atom is -0.289 e. The first kappa shape index (κ1) is 13.9. The smallest absolute Gasteiger partial charge is 0.289 e. The molecule has 0 atom stereocenters. The summed E-state index contributed by atoms with van der Waals surface area (Å²) >= 11 is 0.921. The number of carbonyl (C=O) groups is 4. The normalized spacial score (nSPS) is 16.6. The summed E-state index contributed by atoms with van der Waals surface area (Å²) < 4.78 is 0. The van der Waals surface area contributed by atoms with E-state index in [1.165, 1.54) is 18.2 Å². The number of carbonyl (C=O) groups excluding carboxylic acids is 4. The number of thioether (sulfide) groups is 1. The SMILES string of the molecule is O=C1c2ccccc2C(=O)c2cc(N3C(=O)CSC3=O)ccc21. The Balaban J connectivity index is 1.87. The van der Waals surface area contributed by atoms with Crippen LogP contribution in [0.3, 0.4) is 0 Å². The number of amides is 2. The van der Waals surface area contributed by atoms with E-state index >= 15 is 0 Å². The van der Waals surface area contributed by atoms with Crippen molar-refractivity contribution in [1.82, 2.24) is 0 Å². The van der Waals surface area contributed by atoms with Gasteiger partial charge in [0, 0.05) is 22.3 Å². The number of ketones is 2. The van der Waals surface area contributed by atoms with Crippen molar-refractivity contribution in [2.24, 2.45) is 0 Å².